The first kappa shape index (κ1) is 19.1. The number of imidazole rings is 1. The predicted molar refractivity (Wildman–Crippen MR) is 102 cm³/mol. The van der Waals surface area contributed by atoms with E-state index in [0.29, 0.717) is 35.0 Å². The Bertz CT molecular complexity index is 921. The lowest BCUT2D eigenvalue weighted by Crippen LogP contribution is -2.21. The molecular weight excluding hydrogens is 344 g/mol. The smallest absolute Gasteiger partial charge is 0.181 e. The Morgan fingerprint density at radius 1 is 1.22 bits per heavy atom. The van der Waals surface area contributed by atoms with Crippen LogP contribution in [0.25, 0.3) is 5.65 Å². The number of carbonyl (C=O) groups excluding carboxylic acids is 1. The summed E-state index contributed by atoms with van der Waals surface area (Å²) in [5, 5.41) is 20.3. The molecule has 0 saturated heterocycles. The number of ketones is 1. The molecule has 0 aliphatic heterocycles. The molecule has 3 aromatic rings. The molecule has 0 saturated carbocycles. The van der Waals surface area contributed by atoms with Gasteiger partial charge in [-0.15, -0.1) is 0 Å². The van der Waals surface area contributed by atoms with Crippen LogP contribution in [0.2, 0.25) is 0 Å². The number of aliphatic hydroxyl groups is 2. The molecule has 2 N–H and O–H groups in total. The van der Waals surface area contributed by atoms with Crippen LogP contribution < -0.4 is 4.74 Å². The van der Waals surface area contributed by atoms with E-state index in [9.17, 15) is 15.0 Å². The summed E-state index contributed by atoms with van der Waals surface area (Å²) in [5.74, 6) is -0.159. The molecule has 2 atom stereocenters. The van der Waals surface area contributed by atoms with Gasteiger partial charge in [-0.2, -0.15) is 0 Å². The lowest BCUT2D eigenvalue weighted by atomic mass is 9.91. The van der Waals surface area contributed by atoms with E-state index in [0.717, 1.165) is 0 Å². The van der Waals surface area contributed by atoms with E-state index in [-0.39, 0.29) is 18.8 Å². The van der Waals surface area contributed by atoms with Gasteiger partial charge in [0, 0.05) is 25.1 Å². The van der Waals surface area contributed by atoms with Gasteiger partial charge < -0.3 is 14.9 Å². The van der Waals surface area contributed by atoms with Gasteiger partial charge >= 0.3 is 0 Å². The molecule has 27 heavy (non-hydrogen) atoms. The van der Waals surface area contributed by atoms with Crippen LogP contribution >= 0.6 is 0 Å². The Labute approximate surface area is 158 Å². The average molecular weight is 368 g/mol. The Morgan fingerprint density at radius 2 is 1.96 bits per heavy atom. The maximum atomic E-state index is 13.0. The zero-order valence-electron chi connectivity index (χ0n) is 15.5. The van der Waals surface area contributed by atoms with Gasteiger partial charge in [0.2, 0.25) is 0 Å². The number of aryl methyl sites for hydroxylation is 1. The standard InChI is InChI=1S/C21H24N2O4/c1-3-27-18-10-7-11-23-19(14(2)22-21(18)23)17(25)12-16(13-24)20(26)15-8-5-4-6-9-15/h4-11,16,20,24,26H,3,12-13H2,1-2H3/t16-,20-/m0/s1. The van der Waals surface area contributed by atoms with Crippen LogP contribution in [0.5, 0.6) is 5.75 Å². The molecule has 0 radical (unpaired) electrons. The summed E-state index contributed by atoms with van der Waals surface area (Å²) in [6, 6.07) is 12.7. The third-order valence-corrected chi connectivity index (χ3v) is 4.62. The second kappa shape index (κ2) is 8.33. The van der Waals surface area contributed by atoms with E-state index >= 15 is 0 Å². The Morgan fingerprint density at radius 3 is 2.63 bits per heavy atom. The number of aliphatic hydroxyl groups excluding tert-OH is 2. The Balaban J connectivity index is 1.89. The summed E-state index contributed by atoms with van der Waals surface area (Å²) in [5.41, 5.74) is 2.31. The number of benzene rings is 1. The summed E-state index contributed by atoms with van der Waals surface area (Å²) in [6.07, 6.45) is 0.867. The number of aromatic nitrogens is 2. The average Bonchev–Trinajstić information content (AvgIpc) is 3.03. The van der Waals surface area contributed by atoms with Crippen LogP contribution in [0.4, 0.5) is 0 Å². The maximum Gasteiger partial charge on any atom is 0.181 e. The van der Waals surface area contributed by atoms with Gasteiger partial charge in [-0.3, -0.25) is 9.20 Å². The normalized spacial score (nSPS) is 13.5. The molecule has 6 nitrogen and oxygen atoms in total. The van der Waals surface area contributed by atoms with Crippen LogP contribution in [-0.4, -0.2) is 38.6 Å². The molecule has 1 aromatic carbocycles. The lowest BCUT2D eigenvalue weighted by molar-refractivity contribution is 0.0549. The highest BCUT2D eigenvalue weighted by Crippen LogP contribution is 2.28. The molecule has 0 spiro atoms. The van der Waals surface area contributed by atoms with Gasteiger partial charge in [0.25, 0.3) is 0 Å². The molecule has 0 unspecified atom stereocenters. The highest BCUT2D eigenvalue weighted by atomic mass is 16.5. The largest absolute Gasteiger partial charge is 0.490 e. The van der Waals surface area contributed by atoms with E-state index in [4.69, 9.17) is 4.74 Å². The third-order valence-electron chi connectivity index (χ3n) is 4.62. The quantitative estimate of drug-likeness (QED) is 0.597. The van der Waals surface area contributed by atoms with Crippen molar-refractivity contribution >= 4 is 11.4 Å². The van der Waals surface area contributed by atoms with E-state index in [1.54, 1.807) is 35.7 Å². The molecule has 2 heterocycles. The summed E-state index contributed by atoms with van der Waals surface area (Å²) < 4.78 is 7.31. The van der Waals surface area contributed by atoms with Crippen molar-refractivity contribution in [2.24, 2.45) is 5.92 Å². The molecule has 0 aliphatic rings. The Kier molecular flexibility index (Phi) is 5.88. The number of hydrogen-bond donors (Lipinski definition) is 2. The minimum Gasteiger partial charge on any atom is -0.490 e. The molecule has 142 valence electrons. The van der Waals surface area contributed by atoms with Gasteiger partial charge in [0.1, 0.15) is 5.69 Å². The molecule has 0 amide bonds. The summed E-state index contributed by atoms with van der Waals surface area (Å²) >= 11 is 0. The molecule has 2 aromatic heterocycles. The fourth-order valence-electron chi connectivity index (χ4n) is 3.29. The fourth-order valence-corrected chi connectivity index (χ4v) is 3.29. The summed E-state index contributed by atoms with van der Waals surface area (Å²) in [6.45, 7) is 3.88. The SMILES string of the molecule is CCOc1cccn2c(C(=O)C[C@@H](CO)[C@@H](O)c3ccccc3)c(C)nc12. The van der Waals surface area contributed by atoms with Crippen molar-refractivity contribution in [1.29, 1.82) is 0 Å². The van der Waals surface area contributed by atoms with Crippen LogP contribution in [0.3, 0.4) is 0 Å². The number of Topliss-reactive ketones (excluding diaryl/α,β-unsaturated/α-hetero) is 1. The van der Waals surface area contributed by atoms with Gasteiger partial charge in [0.05, 0.1) is 18.4 Å². The van der Waals surface area contributed by atoms with Crippen LogP contribution in [-0.2, 0) is 0 Å². The van der Waals surface area contributed by atoms with Crippen LogP contribution in [0.1, 0.15) is 41.2 Å². The number of rotatable bonds is 8. The number of nitrogens with zero attached hydrogens (tertiary/aromatic N) is 2. The van der Waals surface area contributed by atoms with Gasteiger partial charge in [-0.25, -0.2) is 4.98 Å². The van der Waals surface area contributed by atoms with Crippen molar-refractivity contribution in [2.45, 2.75) is 26.4 Å². The molecule has 0 aliphatic carbocycles. The second-order valence-corrected chi connectivity index (χ2v) is 6.47. The van der Waals surface area contributed by atoms with Crippen molar-refractivity contribution in [3.8, 4) is 5.75 Å². The van der Waals surface area contributed by atoms with E-state index in [1.165, 1.54) is 0 Å². The predicted octanol–water partition coefficient (Wildman–Crippen LogP) is 2.96. The summed E-state index contributed by atoms with van der Waals surface area (Å²) in [7, 11) is 0. The first-order valence-corrected chi connectivity index (χ1v) is 9.04. The number of hydrogen-bond acceptors (Lipinski definition) is 5. The second-order valence-electron chi connectivity index (χ2n) is 6.47. The van der Waals surface area contributed by atoms with Crippen molar-refractivity contribution in [3.05, 3.63) is 65.6 Å². The van der Waals surface area contributed by atoms with E-state index < -0.39 is 12.0 Å². The first-order chi connectivity index (χ1) is 13.1. The molecule has 3 rings (SSSR count). The molecule has 0 bridgehead atoms. The topological polar surface area (TPSA) is 84.1 Å². The number of fused-ring (bicyclic) bond motifs is 1. The van der Waals surface area contributed by atoms with Crippen molar-refractivity contribution in [3.63, 3.8) is 0 Å². The van der Waals surface area contributed by atoms with Gasteiger partial charge in [-0.1, -0.05) is 30.3 Å². The zero-order valence-corrected chi connectivity index (χ0v) is 15.5. The summed E-state index contributed by atoms with van der Waals surface area (Å²) in [4.78, 5) is 17.5. The number of pyridine rings is 1. The monoisotopic (exact) mass is 368 g/mol. The molecular formula is C21H24N2O4. The molecule has 6 heteroatoms. The number of ether oxygens (including phenoxy) is 1. The van der Waals surface area contributed by atoms with Crippen molar-refractivity contribution in [2.75, 3.05) is 13.2 Å². The van der Waals surface area contributed by atoms with Gasteiger partial charge in [0.15, 0.2) is 17.2 Å². The van der Waals surface area contributed by atoms with E-state index in [1.807, 2.05) is 31.2 Å². The first-order valence-electron chi connectivity index (χ1n) is 9.04. The fraction of sp³-hybridized carbons (Fsp3) is 0.333. The zero-order chi connectivity index (χ0) is 19.4. The minimum atomic E-state index is -0.918. The highest BCUT2D eigenvalue weighted by Gasteiger charge is 2.26. The van der Waals surface area contributed by atoms with Crippen LogP contribution in [0, 0.1) is 12.8 Å². The van der Waals surface area contributed by atoms with Crippen molar-refractivity contribution in [1.82, 2.24) is 9.38 Å². The minimum absolute atomic E-state index is 0.0139. The van der Waals surface area contributed by atoms with E-state index in [2.05, 4.69) is 4.98 Å². The number of carbonyl (C=O) groups is 1. The Hall–Kier alpha value is -2.70. The van der Waals surface area contributed by atoms with Gasteiger partial charge in [-0.05, 0) is 31.5 Å². The highest BCUT2D eigenvalue weighted by molar-refractivity contribution is 5.97. The maximum absolute atomic E-state index is 13.0. The third kappa shape index (κ3) is 3.86. The van der Waals surface area contributed by atoms with Crippen LogP contribution in [0.15, 0.2) is 48.7 Å². The van der Waals surface area contributed by atoms with Crippen molar-refractivity contribution < 1.29 is 19.7 Å². The molecule has 0 fully saturated rings. The lowest BCUT2D eigenvalue weighted by Gasteiger charge is -2.20.